The third-order valence-electron chi connectivity index (χ3n) is 4.95. The van der Waals surface area contributed by atoms with Gasteiger partial charge in [-0.25, -0.2) is 9.97 Å². The van der Waals surface area contributed by atoms with Crippen LogP contribution in [0.1, 0.15) is 62.1 Å². The molecule has 4 heterocycles. The van der Waals surface area contributed by atoms with Crippen LogP contribution in [0.3, 0.4) is 0 Å². The van der Waals surface area contributed by atoms with Crippen LogP contribution >= 0.6 is 11.3 Å². The van der Waals surface area contributed by atoms with Gasteiger partial charge in [0.1, 0.15) is 10.7 Å². The molecule has 0 saturated heterocycles. The van der Waals surface area contributed by atoms with Gasteiger partial charge in [-0.2, -0.15) is 4.52 Å². The number of nitrogens with zero attached hydrogens (tertiary/aromatic N) is 4. The van der Waals surface area contributed by atoms with E-state index in [1.54, 1.807) is 11.3 Å². The first kappa shape index (κ1) is 17.8. The minimum absolute atomic E-state index is 0.146. The highest BCUT2D eigenvalue weighted by molar-refractivity contribution is 7.19. The van der Waals surface area contributed by atoms with Crippen LogP contribution in [0.25, 0.3) is 15.9 Å². The molecule has 26 heavy (non-hydrogen) atoms. The second kappa shape index (κ2) is 6.87. The van der Waals surface area contributed by atoms with E-state index in [0.29, 0.717) is 13.2 Å². The molecule has 0 radical (unpaired) electrons. The predicted molar refractivity (Wildman–Crippen MR) is 105 cm³/mol. The van der Waals surface area contributed by atoms with Crippen LogP contribution in [-0.4, -0.2) is 31.7 Å². The number of thiophene rings is 1. The Balaban J connectivity index is 1.71. The molecule has 3 aromatic rings. The van der Waals surface area contributed by atoms with E-state index in [0.717, 1.165) is 40.5 Å². The van der Waals surface area contributed by atoms with Gasteiger partial charge >= 0.3 is 0 Å². The molecule has 0 spiro atoms. The zero-order valence-corrected chi connectivity index (χ0v) is 16.9. The standard InChI is InChI=1S/C19H27N5OS/c1-5-6-7-8-20-10-15-22-17-16-13-9-19(3,4)25-11-14(13)26-18(16)21-12(2)24(17)23-15/h20H,5-11H2,1-4H3. The lowest BCUT2D eigenvalue weighted by molar-refractivity contribution is -0.0379. The first-order chi connectivity index (χ1) is 12.5. The predicted octanol–water partition coefficient (Wildman–Crippen LogP) is 3.78. The Kier molecular flexibility index (Phi) is 4.71. The summed E-state index contributed by atoms with van der Waals surface area (Å²) in [5, 5.41) is 9.32. The molecule has 0 atom stereocenters. The lowest BCUT2D eigenvalue weighted by Gasteiger charge is -2.30. The van der Waals surface area contributed by atoms with E-state index in [1.165, 1.54) is 29.7 Å². The van der Waals surface area contributed by atoms with Crippen LogP contribution in [0, 0.1) is 6.92 Å². The van der Waals surface area contributed by atoms with Gasteiger partial charge in [-0.15, -0.1) is 16.4 Å². The summed E-state index contributed by atoms with van der Waals surface area (Å²) in [6.45, 7) is 10.9. The van der Waals surface area contributed by atoms with Gasteiger partial charge < -0.3 is 10.1 Å². The fraction of sp³-hybridized carbons (Fsp3) is 0.632. The number of fused-ring (bicyclic) bond motifs is 5. The number of unbranched alkanes of at least 4 members (excludes halogenated alkanes) is 2. The minimum Gasteiger partial charge on any atom is -0.370 e. The molecular formula is C19H27N5OS. The molecule has 3 aromatic heterocycles. The van der Waals surface area contributed by atoms with Gasteiger partial charge in [-0.1, -0.05) is 19.8 Å². The Morgan fingerprint density at radius 1 is 1.27 bits per heavy atom. The summed E-state index contributed by atoms with van der Waals surface area (Å²) in [4.78, 5) is 12.0. The van der Waals surface area contributed by atoms with E-state index in [4.69, 9.17) is 19.8 Å². The highest BCUT2D eigenvalue weighted by Crippen LogP contribution is 2.39. The maximum Gasteiger partial charge on any atom is 0.168 e. The van der Waals surface area contributed by atoms with E-state index < -0.39 is 0 Å². The van der Waals surface area contributed by atoms with E-state index in [-0.39, 0.29) is 5.60 Å². The number of nitrogens with one attached hydrogen (secondary N) is 1. The molecule has 0 saturated carbocycles. The highest BCUT2D eigenvalue weighted by atomic mass is 32.1. The molecule has 1 aliphatic rings. The summed E-state index contributed by atoms with van der Waals surface area (Å²) in [7, 11) is 0. The zero-order chi connectivity index (χ0) is 18.3. The van der Waals surface area contributed by atoms with Gasteiger partial charge in [-0.05, 0) is 39.3 Å². The Hall–Kier alpha value is -1.57. The zero-order valence-electron chi connectivity index (χ0n) is 16.1. The van der Waals surface area contributed by atoms with Crippen molar-refractivity contribution in [2.24, 2.45) is 0 Å². The first-order valence-electron chi connectivity index (χ1n) is 9.49. The number of aromatic nitrogens is 4. The molecule has 4 rings (SSSR count). The molecule has 1 N–H and O–H groups in total. The van der Waals surface area contributed by atoms with Crippen LogP contribution < -0.4 is 5.32 Å². The quantitative estimate of drug-likeness (QED) is 0.666. The number of ether oxygens (including phenoxy) is 1. The van der Waals surface area contributed by atoms with Gasteiger partial charge in [0.2, 0.25) is 0 Å². The SMILES string of the molecule is CCCCCNCc1nc2c3c4c(sc3nc(C)n2n1)COC(C)(C)C4. The third-order valence-corrected chi connectivity index (χ3v) is 6.05. The fourth-order valence-corrected chi connectivity index (χ4v) is 4.70. The molecule has 1 aliphatic heterocycles. The van der Waals surface area contributed by atoms with Crippen molar-refractivity contribution in [3.63, 3.8) is 0 Å². The van der Waals surface area contributed by atoms with E-state index >= 15 is 0 Å². The molecule has 0 fully saturated rings. The van der Waals surface area contributed by atoms with Crippen LogP contribution in [-0.2, 0) is 24.3 Å². The van der Waals surface area contributed by atoms with Gasteiger partial charge in [0, 0.05) is 11.3 Å². The lowest BCUT2D eigenvalue weighted by Crippen LogP contribution is -2.31. The van der Waals surface area contributed by atoms with Crippen molar-refractivity contribution in [3.8, 4) is 0 Å². The van der Waals surface area contributed by atoms with Crippen LogP contribution in [0.5, 0.6) is 0 Å². The summed E-state index contributed by atoms with van der Waals surface area (Å²) in [5.41, 5.74) is 2.13. The van der Waals surface area contributed by atoms with Crippen molar-refractivity contribution in [1.29, 1.82) is 0 Å². The first-order valence-corrected chi connectivity index (χ1v) is 10.3. The Morgan fingerprint density at radius 2 is 2.12 bits per heavy atom. The highest BCUT2D eigenvalue weighted by Gasteiger charge is 2.31. The second-order valence-electron chi connectivity index (χ2n) is 7.72. The Morgan fingerprint density at radius 3 is 2.92 bits per heavy atom. The van der Waals surface area contributed by atoms with E-state index in [1.807, 2.05) is 11.4 Å². The summed E-state index contributed by atoms with van der Waals surface area (Å²) < 4.78 is 7.89. The lowest BCUT2D eigenvalue weighted by atomic mass is 9.94. The van der Waals surface area contributed by atoms with Crippen LogP contribution in [0.4, 0.5) is 0 Å². The van der Waals surface area contributed by atoms with Crippen molar-refractivity contribution >= 4 is 27.2 Å². The van der Waals surface area contributed by atoms with Gasteiger partial charge in [0.25, 0.3) is 0 Å². The average Bonchev–Trinajstić information content (AvgIpc) is 3.15. The van der Waals surface area contributed by atoms with Crippen LogP contribution in [0.15, 0.2) is 0 Å². The smallest absolute Gasteiger partial charge is 0.168 e. The van der Waals surface area contributed by atoms with Crippen molar-refractivity contribution in [2.75, 3.05) is 6.54 Å². The molecule has 0 aliphatic carbocycles. The van der Waals surface area contributed by atoms with Crippen molar-refractivity contribution < 1.29 is 4.74 Å². The number of aryl methyl sites for hydroxylation is 1. The normalized spacial score (nSPS) is 16.5. The maximum absolute atomic E-state index is 5.98. The van der Waals surface area contributed by atoms with Gasteiger partial charge in [0.05, 0.1) is 24.1 Å². The van der Waals surface area contributed by atoms with Crippen LogP contribution in [0.2, 0.25) is 0 Å². The molecule has 0 amide bonds. The average molecular weight is 374 g/mol. The summed E-state index contributed by atoms with van der Waals surface area (Å²) in [6, 6.07) is 0. The van der Waals surface area contributed by atoms with E-state index in [9.17, 15) is 0 Å². The Bertz CT molecular complexity index is 943. The molecule has 0 bridgehead atoms. The van der Waals surface area contributed by atoms with Crippen molar-refractivity contribution in [1.82, 2.24) is 24.9 Å². The topological polar surface area (TPSA) is 64.3 Å². The summed E-state index contributed by atoms with van der Waals surface area (Å²) >= 11 is 1.73. The largest absolute Gasteiger partial charge is 0.370 e. The van der Waals surface area contributed by atoms with Crippen molar-refractivity contribution in [2.45, 2.75) is 72.1 Å². The van der Waals surface area contributed by atoms with Crippen molar-refractivity contribution in [3.05, 3.63) is 22.1 Å². The van der Waals surface area contributed by atoms with Gasteiger partial charge in [-0.3, -0.25) is 0 Å². The summed E-state index contributed by atoms with van der Waals surface area (Å²) in [5.74, 6) is 1.72. The Labute approximate surface area is 158 Å². The number of hydrogen-bond donors (Lipinski definition) is 1. The van der Waals surface area contributed by atoms with E-state index in [2.05, 4.69) is 26.1 Å². The monoisotopic (exact) mass is 373 g/mol. The maximum atomic E-state index is 5.98. The van der Waals surface area contributed by atoms with Gasteiger partial charge in [0.15, 0.2) is 11.5 Å². The fourth-order valence-electron chi connectivity index (χ4n) is 3.56. The number of rotatable bonds is 6. The minimum atomic E-state index is -0.146. The molecule has 7 heteroatoms. The molecule has 140 valence electrons. The number of hydrogen-bond acceptors (Lipinski definition) is 6. The molecule has 0 unspecified atom stereocenters. The molecule has 0 aromatic carbocycles. The summed E-state index contributed by atoms with van der Waals surface area (Å²) in [6.07, 6.45) is 4.58. The molecule has 6 nitrogen and oxygen atoms in total. The second-order valence-corrected chi connectivity index (χ2v) is 8.80. The molecular weight excluding hydrogens is 346 g/mol. The third kappa shape index (κ3) is 3.23.